The number of hydrogen-bond acceptors (Lipinski definition) is 6. The summed E-state index contributed by atoms with van der Waals surface area (Å²) >= 11 is 0. The van der Waals surface area contributed by atoms with E-state index in [0.29, 0.717) is 29.6 Å². The van der Waals surface area contributed by atoms with Gasteiger partial charge < -0.3 is 15.6 Å². The van der Waals surface area contributed by atoms with Crippen molar-refractivity contribution in [2.45, 2.75) is 153 Å². The molecule has 346 valence electrons. The molecule has 0 bridgehead atoms. The molecule has 0 spiro atoms. The monoisotopic (exact) mass is 887 g/mol. The Morgan fingerprint density at radius 1 is 0.667 bits per heavy atom. The molecule has 8 heteroatoms. The van der Waals surface area contributed by atoms with Crippen molar-refractivity contribution < 1.29 is 19.5 Å². The molecule has 4 aromatic carbocycles. The van der Waals surface area contributed by atoms with Gasteiger partial charge in [0.15, 0.2) is 5.78 Å². The van der Waals surface area contributed by atoms with Crippen molar-refractivity contribution in [3.8, 4) is 11.6 Å². The predicted molar refractivity (Wildman–Crippen MR) is 267 cm³/mol. The molecular weight excluding hydrogens is 817 g/mol. The Labute approximate surface area is 392 Å². The fourth-order valence-electron chi connectivity index (χ4n) is 11.1. The van der Waals surface area contributed by atoms with Gasteiger partial charge in [-0.1, -0.05) is 150 Å². The molecule has 3 aliphatic rings. The Balaban J connectivity index is 1.16. The van der Waals surface area contributed by atoms with Crippen molar-refractivity contribution >= 4 is 29.5 Å². The molecule has 8 nitrogen and oxygen atoms in total. The van der Waals surface area contributed by atoms with Crippen LogP contribution in [0, 0.1) is 11.8 Å². The van der Waals surface area contributed by atoms with E-state index in [-0.39, 0.29) is 35.0 Å². The number of unbranched alkanes of at least 4 members (excludes halogenated alkanes) is 4. The van der Waals surface area contributed by atoms with Crippen LogP contribution in [0.1, 0.15) is 177 Å². The SMILES string of the molecule is CCCCCC1CCC(c2ccc(N3C(=O)c4c(c(O)n(-c5ccc(C6CCC(CCCCC)CC6)cc5)c4C(=O)[C@@H](N)Cc4ccccc4)C3=N[C@@H](C=O)Cc3ccccc3)cc2)CC1. The molecule has 3 N–H and O–H groups in total. The van der Waals surface area contributed by atoms with Crippen LogP contribution in [0.2, 0.25) is 0 Å². The van der Waals surface area contributed by atoms with Crippen molar-refractivity contribution in [2.75, 3.05) is 4.90 Å². The van der Waals surface area contributed by atoms with E-state index in [0.717, 1.165) is 54.9 Å². The van der Waals surface area contributed by atoms with Crippen LogP contribution in [0.3, 0.4) is 0 Å². The molecule has 8 rings (SSSR count). The summed E-state index contributed by atoms with van der Waals surface area (Å²) < 4.78 is 1.49. The predicted octanol–water partition coefficient (Wildman–Crippen LogP) is 12.9. The highest BCUT2D eigenvalue weighted by Crippen LogP contribution is 2.44. The number of nitrogens with zero attached hydrogens (tertiary/aromatic N) is 3. The molecule has 0 radical (unpaired) electrons. The van der Waals surface area contributed by atoms with E-state index < -0.39 is 23.8 Å². The summed E-state index contributed by atoms with van der Waals surface area (Å²) in [6, 6.07) is 33.5. The first-order valence-electron chi connectivity index (χ1n) is 25.2. The van der Waals surface area contributed by atoms with Crippen molar-refractivity contribution in [3.05, 3.63) is 148 Å². The van der Waals surface area contributed by atoms with Crippen molar-refractivity contribution in [2.24, 2.45) is 22.6 Å². The number of benzene rings is 4. The lowest BCUT2D eigenvalue weighted by atomic mass is 9.77. The fourth-order valence-corrected chi connectivity index (χ4v) is 11.1. The lowest BCUT2D eigenvalue weighted by Crippen LogP contribution is -2.36. The summed E-state index contributed by atoms with van der Waals surface area (Å²) in [7, 11) is 0. The largest absolute Gasteiger partial charge is 0.494 e. The van der Waals surface area contributed by atoms with Crippen LogP contribution in [0.25, 0.3) is 5.69 Å². The van der Waals surface area contributed by atoms with Gasteiger partial charge in [0.25, 0.3) is 5.91 Å². The molecule has 66 heavy (non-hydrogen) atoms. The van der Waals surface area contributed by atoms with Gasteiger partial charge in [-0.05, 0) is 128 Å². The van der Waals surface area contributed by atoms with Crippen molar-refractivity contribution in [1.82, 2.24) is 4.57 Å². The Kier molecular flexibility index (Phi) is 15.8. The van der Waals surface area contributed by atoms with Crippen LogP contribution in [-0.4, -0.2) is 45.6 Å². The average molecular weight is 887 g/mol. The number of aldehydes is 1. The number of hydrogen-bond donors (Lipinski definition) is 2. The van der Waals surface area contributed by atoms with Gasteiger partial charge >= 0.3 is 0 Å². The number of ketones is 1. The Morgan fingerprint density at radius 3 is 1.64 bits per heavy atom. The molecule has 1 aliphatic heterocycles. The number of amidine groups is 1. The number of rotatable bonds is 20. The highest BCUT2D eigenvalue weighted by atomic mass is 16.3. The summed E-state index contributed by atoms with van der Waals surface area (Å²) in [6.07, 6.45) is 21.2. The number of amides is 1. The van der Waals surface area contributed by atoms with Gasteiger partial charge in [-0.25, -0.2) is 0 Å². The number of anilines is 1. The highest BCUT2D eigenvalue weighted by molar-refractivity contribution is 6.39. The maximum absolute atomic E-state index is 15.3. The lowest BCUT2D eigenvalue weighted by molar-refractivity contribution is -0.108. The molecule has 2 aliphatic carbocycles. The zero-order valence-corrected chi connectivity index (χ0v) is 39.3. The quantitative estimate of drug-likeness (QED) is 0.0458. The van der Waals surface area contributed by atoms with Crippen LogP contribution in [0.4, 0.5) is 5.69 Å². The van der Waals surface area contributed by atoms with Gasteiger partial charge in [0.05, 0.1) is 22.9 Å². The lowest BCUT2D eigenvalue weighted by Gasteiger charge is -2.29. The van der Waals surface area contributed by atoms with Crippen LogP contribution < -0.4 is 10.6 Å². The Bertz CT molecular complexity index is 2410. The average Bonchev–Trinajstić information content (AvgIpc) is 3.82. The van der Waals surface area contributed by atoms with Gasteiger partial charge in [0.2, 0.25) is 5.88 Å². The fraction of sp³-hybridized carbons (Fsp3) is 0.448. The highest BCUT2D eigenvalue weighted by Gasteiger charge is 2.46. The van der Waals surface area contributed by atoms with Crippen molar-refractivity contribution in [1.29, 1.82) is 0 Å². The van der Waals surface area contributed by atoms with E-state index in [4.69, 9.17) is 10.7 Å². The number of fused-ring (bicyclic) bond motifs is 1. The maximum Gasteiger partial charge on any atom is 0.267 e. The van der Waals surface area contributed by atoms with Gasteiger partial charge in [0.1, 0.15) is 23.9 Å². The number of aromatic hydroxyl groups is 1. The summed E-state index contributed by atoms with van der Waals surface area (Å²) in [5.74, 6) is 1.37. The first-order chi connectivity index (χ1) is 32.3. The summed E-state index contributed by atoms with van der Waals surface area (Å²) in [4.78, 5) is 49.6. The van der Waals surface area contributed by atoms with Gasteiger partial charge in [0, 0.05) is 12.1 Å². The summed E-state index contributed by atoms with van der Waals surface area (Å²) in [5.41, 5.74) is 12.4. The number of Topliss-reactive ketones (excluding diaryl/α,β-unsaturated/α-hetero) is 1. The smallest absolute Gasteiger partial charge is 0.267 e. The van der Waals surface area contributed by atoms with Gasteiger partial charge in [-0.2, -0.15) is 0 Å². The number of carbonyl (C=O) groups is 3. The molecule has 2 saturated carbocycles. The third-order valence-electron chi connectivity index (χ3n) is 15.0. The van der Waals surface area contributed by atoms with E-state index in [1.807, 2.05) is 84.9 Å². The van der Waals surface area contributed by atoms with Crippen LogP contribution in [0.5, 0.6) is 5.88 Å². The summed E-state index contributed by atoms with van der Waals surface area (Å²) in [6.45, 7) is 4.52. The topological polar surface area (TPSA) is 118 Å². The third-order valence-corrected chi connectivity index (χ3v) is 15.0. The first kappa shape index (κ1) is 46.9. The Morgan fingerprint density at radius 2 is 1.15 bits per heavy atom. The van der Waals surface area contributed by atoms with Crippen LogP contribution >= 0.6 is 0 Å². The zero-order valence-electron chi connectivity index (χ0n) is 39.3. The first-order valence-corrected chi connectivity index (χ1v) is 25.2. The van der Waals surface area contributed by atoms with Gasteiger partial charge in [-0.3, -0.25) is 24.0 Å². The number of aliphatic imine (C=N–C) groups is 1. The molecule has 0 unspecified atom stereocenters. The van der Waals surface area contributed by atoms with E-state index >= 15 is 4.79 Å². The minimum atomic E-state index is -1.01. The molecule has 1 aromatic heterocycles. The zero-order chi connectivity index (χ0) is 46.0. The molecule has 5 aromatic rings. The van der Waals surface area contributed by atoms with Crippen LogP contribution in [0.15, 0.2) is 114 Å². The van der Waals surface area contributed by atoms with E-state index in [1.165, 1.54) is 97.6 Å². The minimum Gasteiger partial charge on any atom is -0.494 e. The standard InChI is InChI=1S/C58H70N4O4/c1-3-5-9-15-40-21-25-44(26-22-40)46-29-33-49(34-30-46)61-54(55(64)51(59)38-43-19-13-8-14-20-43)52-53(58(61)66)56(60-48(39-63)37-42-17-11-7-12-18-42)62(57(52)65)50-35-31-47(32-36-50)45-27-23-41(24-28-45)16-10-6-4-2/h7-8,11-14,17-20,29-36,39-41,44-45,48,51,66H,3-6,9-10,15-16,21-28,37-38,59H2,1-2H3/t40?,41?,44?,45?,48-,51+/m1/s1. The normalized spacial score (nSPS) is 21.2. The van der Waals surface area contributed by atoms with E-state index in [9.17, 15) is 14.7 Å². The van der Waals surface area contributed by atoms with Crippen LogP contribution in [-0.2, 0) is 17.6 Å². The number of aromatic nitrogens is 1. The molecular formula is C58H70N4O4. The molecule has 1 amide bonds. The molecule has 2 heterocycles. The molecule has 2 fully saturated rings. The van der Waals surface area contributed by atoms with E-state index in [1.54, 1.807) is 0 Å². The molecule has 0 saturated heterocycles. The third kappa shape index (κ3) is 10.7. The Hall–Kier alpha value is -5.60. The number of nitrogens with two attached hydrogens (primary N) is 1. The maximum atomic E-state index is 15.3. The summed E-state index contributed by atoms with van der Waals surface area (Å²) in [5, 5.41) is 12.6. The molecule has 2 atom stereocenters. The van der Waals surface area contributed by atoms with E-state index in [2.05, 4.69) is 38.1 Å². The van der Waals surface area contributed by atoms with Crippen molar-refractivity contribution in [3.63, 3.8) is 0 Å². The number of carbonyl (C=O) groups excluding carboxylic acids is 3. The second kappa shape index (κ2) is 22.3. The minimum absolute atomic E-state index is 0.0181. The second-order valence-electron chi connectivity index (χ2n) is 19.5. The second-order valence-corrected chi connectivity index (χ2v) is 19.5. The van der Waals surface area contributed by atoms with Gasteiger partial charge in [-0.15, -0.1) is 0 Å².